The topological polar surface area (TPSA) is 63.2 Å². The Morgan fingerprint density at radius 3 is 2.49 bits per heavy atom. The monoisotopic (exact) mass is 568 g/mol. The number of methoxy groups -OCH3 is 1. The molecule has 2 aliphatic heterocycles. The second kappa shape index (κ2) is 11.3. The first kappa shape index (κ1) is 27.4. The SMILES string of the molecule is COC(=O)CC1COc2cc(O[C@@H]3CCc4c3ccc(C(F)(F)F)c4-c3ccc(OCC4CCOC4)cc3)ccc21. The van der Waals surface area contributed by atoms with Crippen LogP contribution in [0.2, 0.25) is 0 Å². The van der Waals surface area contributed by atoms with Crippen LogP contribution < -0.4 is 14.2 Å². The average molecular weight is 569 g/mol. The highest BCUT2D eigenvalue weighted by atomic mass is 19.4. The van der Waals surface area contributed by atoms with Crippen molar-refractivity contribution < 1.29 is 41.7 Å². The third kappa shape index (κ3) is 5.73. The number of esters is 1. The third-order valence-electron chi connectivity index (χ3n) is 8.09. The number of carbonyl (C=O) groups excluding carboxylic acids is 1. The average Bonchev–Trinajstić information content (AvgIpc) is 3.72. The van der Waals surface area contributed by atoms with Crippen LogP contribution in [0.25, 0.3) is 11.1 Å². The van der Waals surface area contributed by atoms with Gasteiger partial charge in [-0.2, -0.15) is 13.2 Å². The molecular weight excluding hydrogens is 537 g/mol. The van der Waals surface area contributed by atoms with Gasteiger partial charge in [-0.15, -0.1) is 0 Å². The van der Waals surface area contributed by atoms with Gasteiger partial charge in [0.25, 0.3) is 0 Å². The van der Waals surface area contributed by atoms with Gasteiger partial charge in [-0.05, 0) is 65.8 Å². The van der Waals surface area contributed by atoms with Gasteiger partial charge in [0, 0.05) is 30.1 Å². The molecule has 0 N–H and O–H groups in total. The summed E-state index contributed by atoms with van der Waals surface area (Å²) in [4.78, 5) is 11.7. The molecule has 1 saturated heterocycles. The van der Waals surface area contributed by atoms with Crippen molar-refractivity contribution in [3.05, 3.63) is 76.9 Å². The molecule has 0 amide bonds. The highest BCUT2D eigenvalue weighted by Crippen LogP contribution is 2.47. The van der Waals surface area contributed by atoms with Crippen LogP contribution in [0.4, 0.5) is 13.2 Å². The number of alkyl halides is 3. The number of rotatable bonds is 8. The van der Waals surface area contributed by atoms with Crippen LogP contribution in [0.15, 0.2) is 54.6 Å². The van der Waals surface area contributed by atoms with Crippen molar-refractivity contribution in [2.45, 2.75) is 43.9 Å². The number of hydrogen-bond acceptors (Lipinski definition) is 6. The Bertz CT molecular complexity index is 1410. The van der Waals surface area contributed by atoms with Crippen molar-refractivity contribution in [2.24, 2.45) is 5.92 Å². The fourth-order valence-electron chi connectivity index (χ4n) is 5.95. The molecule has 3 aliphatic rings. The molecule has 41 heavy (non-hydrogen) atoms. The van der Waals surface area contributed by atoms with Crippen molar-refractivity contribution in [2.75, 3.05) is 33.5 Å². The Hall–Kier alpha value is -3.72. The summed E-state index contributed by atoms with van der Waals surface area (Å²) >= 11 is 0. The van der Waals surface area contributed by atoms with Gasteiger partial charge in [0.15, 0.2) is 0 Å². The molecule has 2 unspecified atom stereocenters. The highest BCUT2D eigenvalue weighted by Gasteiger charge is 2.38. The molecule has 3 aromatic carbocycles. The maximum absolute atomic E-state index is 14.2. The molecule has 1 aliphatic carbocycles. The van der Waals surface area contributed by atoms with E-state index in [1.54, 1.807) is 30.3 Å². The van der Waals surface area contributed by atoms with E-state index in [-0.39, 0.29) is 23.9 Å². The number of hydrogen-bond donors (Lipinski definition) is 0. The van der Waals surface area contributed by atoms with Crippen LogP contribution in [0, 0.1) is 5.92 Å². The van der Waals surface area contributed by atoms with Gasteiger partial charge in [0.1, 0.15) is 23.4 Å². The molecule has 6 rings (SSSR count). The molecule has 0 saturated carbocycles. The zero-order valence-corrected chi connectivity index (χ0v) is 22.7. The second-order valence-corrected chi connectivity index (χ2v) is 10.8. The number of fused-ring (bicyclic) bond motifs is 2. The minimum atomic E-state index is -4.50. The molecule has 3 aromatic rings. The smallest absolute Gasteiger partial charge is 0.417 e. The van der Waals surface area contributed by atoms with Crippen LogP contribution in [0.5, 0.6) is 17.2 Å². The van der Waals surface area contributed by atoms with Gasteiger partial charge in [0.2, 0.25) is 0 Å². The van der Waals surface area contributed by atoms with E-state index < -0.39 is 17.8 Å². The Morgan fingerprint density at radius 1 is 0.976 bits per heavy atom. The Morgan fingerprint density at radius 2 is 1.76 bits per heavy atom. The largest absolute Gasteiger partial charge is 0.493 e. The lowest BCUT2D eigenvalue weighted by Gasteiger charge is -2.20. The van der Waals surface area contributed by atoms with E-state index in [0.29, 0.717) is 67.0 Å². The number of halogens is 3. The number of ether oxygens (including phenoxy) is 5. The molecule has 1 fully saturated rings. The fourth-order valence-corrected chi connectivity index (χ4v) is 5.95. The van der Waals surface area contributed by atoms with Gasteiger partial charge in [-0.1, -0.05) is 24.3 Å². The second-order valence-electron chi connectivity index (χ2n) is 10.8. The summed E-state index contributed by atoms with van der Waals surface area (Å²) < 4.78 is 70.6. The molecule has 0 radical (unpaired) electrons. The molecule has 9 heteroatoms. The van der Waals surface area contributed by atoms with Gasteiger partial charge >= 0.3 is 12.1 Å². The van der Waals surface area contributed by atoms with E-state index in [2.05, 4.69) is 0 Å². The summed E-state index contributed by atoms with van der Waals surface area (Å²) in [5.41, 5.74) is 2.34. The van der Waals surface area contributed by atoms with Crippen LogP contribution in [0.1, 0.15) is 53.5 Å². The molecule has 3 atom stereocenters. The lowest BCUT2D eigenvalue weighted by molar-refractivity contribution is -0.141. The first-order chi connectivity index (χ1) is 19.8. The minimum absolute atomic E-state index is 0.0874. The van der Waals surface area contributed by atoms with Crippen LogP contribution in [-0.2, 0) is 26.9 Å². The minimum Gasteiger partial charge on any atom is -0.493 e. The molecule has 0 bridgehead atoms. The van der Waals surface area contributed by atoms with Crippen LogP contribution in [-0.4, -0.2) is 39.5 Å². The first-order valence-corrected chi connectivity index (χ1v) is 13.8. The summed E-state index contributed by atoms with van der Waals surface area (Å²) in [5.74, 6) is 1.77. The summed E-state index contributed by atoms with van der Waals surface area (Å²) in [6.07, 6.45) is -2.71. The number of carbonyl (C=O) groups is 1. The normalized spacial score (nSPS) is 21.2. The number of benzene rings is 3. The predicted molar refractivity (Wildman–Crippen MR) is 144 cm³/mol. The van der Waals surface area contributed by atoms with Gasteiger partial charge in [-0.3, -0.25) is 4.79 Å². The third-order valence-corrected chi connectivity index (χ3v) is 8.09. The molecule has 2 heterocycles. The summed E-state index contributed by atoms with van der Waals surface area (Å²) in [7, 11) is 1.36. The maximum Gasteiger partial charge on any atom is 0.417 e. The molecular formula is C32H31F3O6. The van der Waals surface area contributed by atoms with Gasteiger partial charge in [-0.25, -0.2) is 0 Å². The summed E-state index contributed by atoms with van der Waals surface area (Å²) in [6.45, 7) is 2.30. The summed E-state index contributed by atoms with van der Waals surface area (Å²) in [5, 5.41) is 0. The Balaban J connectivity index is 1.23. The Labute approximate surface area is 236 Å². The van der Waals surface area contributed by atoms with Crippen molar-refractivity contribution >= 4 is 5.97 Å². The van der Waals surface area contributed by atoms with Crippen LogP contribution in [0.3, 0.4) is 0 Å². The zero-order chi connectivity index (χ0) is 28.6. The van der Waals surface area contributed by atoms with E-state index in [9.17, 15) is 18.0 Å². The fraction of sp³-hybridized carbons (Fsp3) is 0.406. The summed E-state index contributed by atoms with van der Waals surface area (Å²) in [6, 6.07) is 15.0. The molecule has 0 spiro atoms. The van der Waals surface area contributed by atoms with E-state index in [0.717, 1.165) is 30.2 Å². The van der Waals surface area contributed by atoms with Crippen molar-refractivity contribution in [3.8, 4) is 28.4 Å². The lowest BCUT2D eigenvalue weighted by Crippen LogP contribution is -2.12. The van der Waals surface area contributed by atoms with Crippen molar-refractivity contribution in [3.63, 3.8) is 0 Å². The van der Waals surface area contributed by atoms with E-state index >= 15 is 0 Å². The molecule has 216 valence electrons. The molecule has 6 nitrogen and oxygen atoms in total. The van der Waals surface area contributed by atoms with Crippen molar-refractivity contribution in [1.29, 1.82) is 0 Å². The lowest BCUT2D eigenvalue weighted by atomic mass is 9.91. The maximum atomic E-state index is 14.2. The Kier molecular flexibility index (Phi) is 7.55. The standard InChI is InChI=1S/C32H31F3O6/c1-37-30(36)14-21-18-40-29-15-23(6-7-24(21)29)41-28-11-9-26-25(28)8-10-27(32(33,34)35)31(26)20-2-4-22(5-3-20)39-17-19-12-13-38-16-19/h2-8,10,15,19,21,28H,9,11-14,16-18H2,1H3/t19?,21?,28-/m1/s1. The van der Waals surface area contributed by atoms with Crippen LogP contribution >= 0.6 is 0 Å². The van der Waals surface area contributed by atoms with Gasteiger partial charge < -0.3 is 23.7 Å². The van der Waals surface area contributed by atoms with E-state index in [1.807, 2.05) is 12.1 Å². The quantitative estimate of drug-likeness (QED) is 0.276. The van der Waals surface area contributed by atoms with Crippen molar-refractivity contribution in [1.82, 2.24) is 0 Å². The van der Waals surface area contributed by atoms with E-state index in [1.165, 1.54) is 13.2 Å². The van der Waals surface area contributed by atoms with E-state index in [4.69, 9.17) is 23.7 Å². The van der Waals surface area contributed by atoms with Gasteiger partial charge in [0.05, 0.1) is 38.9 Å². The predicted octanol–water partition coefficient (Wildman–Crippen LogP) is 6.89. The molecule has 0 aromatic heterocycles. The zero-order valence-electron chi connectivity index (χ0n) is 22.7. The highest BCUT2D eigenvalue weighted by molar-refractivity contribution is 5.75. The first-order valence-electron chi connectivity index (χ1n) is 13.8.